The molecule has 0 fully saturated rings. The van der Waals surface area contributed by atoms with Gasteiger partial charge < -0.3 is 5.32 Å². The number of carbonyl (C=O) groups is 1. The molecule has 2 nitrogen and oxygen atoms in total. The van der Waals surface area contributed by atoms with Crippen LogP contribution in [-0.2, 0) is 4.79 Å². The Labute approximate surface area is 191 Å². The monoisotopic (exact) mass is 439 g/mol. The molecule has 0 heterocycles. The number of nitrogens with one attached hydrogen (secondary N) is 1. The average molecular weight is 440 g/mol. The summed E-state index contributed by atoms with van der Waals surface area (Å²) in [7, 11) is 0. The first-order valence-electron chi connectivity index (χ1n) is 11.2. The molecule has 4 heteroatoms. The number of carbonyl (C=O) groups excluding carboxylic acids is 1. The average Bonchev–Trinajstić information content (AvgIpc) is 2.78. The molecular formula is C28H35F2NO. The third kappa shape index (κ3) is 14.1. The summed E-state index contributed by atoms with van der Waals surface area (Å²) in [4.78, 5) is 11.8. The molecular weight excluding hydrogens is 404 g/mol. The van der Waals surface area contributed by atoms with Crippen LogP contribution >= 0.6 is 0 Å². The first kappa shape index (κ1) is 27.0. The quantitative estimate of drug-likeness (QED) is 0.216. The van der Waals surface area contributed by atoms with Crippen molar-refractivity contribution in [1.82, 2.24) is 0 Å². The van der Waals surface area contributed by atoms with Gasteiger partial charge in [-0.25, -0.2) is 8.78 Å². The Kier molecular flexibility index (Phi) is 15.8. The van der Waals surface area contributed by atoms with E-state index in [1.54, 1.807) is 0 Å². The molecule has 1 aromatic rings. The number of hydrogen-bond donors (Lipinski definition) is 1. The lowest BCUT2D eigenvalue weighted by Crippen LogP contribution is -2.13. The molecule has 1 amide bonds. The molecule has 0 bridgehead atoms. The fourth-order valence-corrected chi connectivity index (χ4v) is 2.71. The normalized spacial score (nSPS) is 12.6. The van der Waals surface area contributed by atoms with Gasteiger partial charge in [-0.2, -0.15) is 0 Å². The highest BCUT2D eigenvalue weighted by atomic mass is 19.1. The molecule has 1 aromatic carbocycles. The maximum Gasteiger partial charge on any atom is 0.224 e. The number of amides is 1. The van der Waals surface area contributed by atoms with Crippen LogP contribution in [0.5, 0.6) is 0 Å². The molecule has 172 valence electrons. The molecule has 0 aromatic heterocycles. The zero-order valence-corrected chi connectivity index (χ0v) is 19.0. The smallest absolute Gasteiger partial charge is 0.224 e. The Hall–Kier alpha value is -3.01. The molecule has 0 aliphatic carbocycles. The predicted octanol–water partition coefficient (Wildman–Crippen LogP) is 8.38. The van der Waals surface area contributed by atoms with Gasteiger partial charge in [0.2, 0.25) is 5.91 Å². The molecule has 1 N–H and O–H groups in total. The highest BCUT2D eigenvalue weighted by Crippen LogP contribution is 2.18. The van der Waals surface area contributed by atoms with E-state index in [0.717, 1.165) is 50.7 Å². The van der Waals surface area contributed by atoms with Crippen LogP contribution in [0, 0.1) is 11.6 Å². The van der Waals surface area contributed by atoms with E-state index in [0.29, 0.717) is 6.42 Å². The fourth-order valence-electron chi connectivity index (χ4n) is 2.71. The molecule has 0 saturated heterocycles. The number of unbranched alkanes of at least 4 members (excludes halogenated alkanes) is 1. The summed E-state index contributed by atoms with van der Waals surface area (Å²) in [5.74, 6) is -1.91. The minimum atomic E-state index is -0.764. The van der Waals surface area contributed by atoms with Crippen LogP contribution in [0.2, 0.25) is 0 Å². The summed E-state index contributed by atoms with van der Waals surface area (Å²) in [6.45, 7) is 2.03. The molecule has 0 saturated carbocycles. The molecule has 32 heavy (non-hydrogen) atoms. The van der Waals surface area contributed by atoms with E-state index in [1.807, 2.05) is 13.0 Å². The number of benzene rings is 1. The van der Waals surface area contributed by atoms with Gasteiger partial charge in [0.1, 0.15) is 17.3 Å². The largest absolute Gasteiger partial charge is 0.321 e. The van der Waals surface area contributed by atoms with Crippen molar-refractivity contribution in [3.63, 3.8) is 0 Å². The topological polar surface area (TPSA) is 29.1 Å². The highest BCUT2D eigenvalue weighted by molar-refractivity contribution is 5.90. The van der Waals surface area contributed by atoms with Crippen LogP contribution in [0.25, 0.3) is 0 Å². The maximum absolute atomic E-state index is 13.5. The van der Waals surface area contributed by atoms with Gasteiger partial charge in [0.15, 0.2) is 0 Å². The number of rotatable bonds is 15. The van der Waals surface area contributed by atoms with Gasteiger partial charge >= 0.3 is 0 Å². The zero-order chi connectivity index (χ0) is 23.3. The molecule has 1 rings (SSSR count). The van der Waals surface area contributed by atoms with E-state index in [2.05, 4.69) is 72.2 Å². The van der Waals surface area contributed by atoms with Crippen LogP contribution in [0.1, 0.15) is 58.3 Å². The Morgan fingerprint density at radius 2 is 1.19 bits per heavy atom. The van der Waals surface area contributed by atoms with Gasteiger partial charge in [-0.15, -0.1) is 0 Å². The van der Waals surface area contributed by atoms with Crippen molar-refractivity contribution < 1.29 is 13.6 Å². The summed E-state index contributed by atoms with van der Waals surface area (Å²) in [5.41, 5.74) is -0.379. The van der Waals surface area contributed by atoms with Crippen molar-refractivity contribution in [3.8, 4) is 0 Å². The van der Waals surface area contributed by atoms with E-state index in [4.69, 9.17) is 0 Å². The molecule has 0 radical (unpaired) electrons. The Morgan fingerprint density at radius 1 is 0.750 bits per heavy atom. The summed E-state index contributed by atoms with van der Waals surface area (Å²) in [5, 5.41) is 2.30. The van der Waals surface area contributed by atoms with Crippen molar-refractivity contribution in [2.75, 3.05) is 5.32 Å². The molecule has 0 unspecified atom stereocenters. The van der Waals surface area contributed by atoms with E-state index in [-0.39, 0.29) is 18.0 Å². The third-order valence-corrected chi connectivity index (χ3v) is 4.43. The van der Waals surface area contributed by atoms with Crippen LogP contribution in [0.4, 0.5) is 14.5 Å². The number of halogens is 2. The number of hydrogen-bond acceptors (Lipinski definition) is 1. The third-order valence-electron chi connectivity index (χ3n) is 4.43. The van der Waals surface area contributed by atoms with Crippen LogP contribution in [0.15, 0.2) is 91.1 Å². The lowest BCUT2D eigenvalue weighted by atomic mass is 10.2. The van der Waals surface area contributed by atoms with Crippen LogP contribution < -0.4 is 5.32 Å². The van der Waals surface area contributed by atoms with Gasteiger partial charge in [-0.3, -0.25) is 4.79 Å². The second-order valence-electron chi connectivity index (χ2n) is 7.14. The van der Waals surface area contributed by atoms with Gasteiger partial charge in [0, 0.05) is 6.42 Å². The first-order valence-corrected chi connectivity index (χ1v) is 11.2. The van der Waals surface area contributed by atoms with Crippen molar-refractivity contribution >= 4 is 11.6 Å². The summed E-state index contributed by atoms with van der Waals surface area (Å²) >= 11 is 0. The van der Waals surface area contributed by atoms with Gasteiger partial charge in [-0.05, 0) is 64.0 Å². The lowest BCUT2D eigenvalue weighted by Gasteiger charge is -2.06. The standard InChI is InChI=1S/C28H35F2NO/c1-2-3-4-5-6-7-8-9-10-11-12-13-14-15-16-17-18-19-20-24-27(32)31-28-25(29)22-21-23-26(28)30/h2-3,5-6,8-9,11-12,14-15,17-18,21-23H,4,7,10,13,16,19-20,24H2,1H3,(H,31,32)/b3-2+,6-5+,9-8+,12-11+,15-14+,18-17+. The minimum Gasteiger partial charge on any atom is -0.321 e. The van der Waals surface area contributed by atoms with Crippen molar-refractivity contribution in [3.05, 3.63) is 103 Å². The molecule has 0 aliphatic rings. The molecule has 0 spiro atoms. The first-order chi connectivity index (χ1) is 15.6. The van der Waals surface area contributed by atoms with Crippen LogP contribution in [0.3, 0.4) is 0 Å². The number of anilines is 1. The van der Waals surface area contributed by atoms with Gasteiger partial charge in [-0.1, -0.05) is 79.0 Å². The van der Waals surface area contributed by atoms with E-state index in [9.17, 15) is 13.6 Å². The summed E-state index contributed by atoms with van der Waals surface area (Å²) in [6.07, 6.45) is 31.8. The zero-order valence-electron chi connectivity index (χ0n) is 19.0. The highest BCUT2D eigenvalue weighted by Gasteiger charge is 2.11. The minimum absolute atomic E-state index is 0.222. The summed E-state index contributed by atoms with van der Waals surface area (Å²) < 4.78 is 27.0. The number of para-hydroxylation sites is 1. The number of allylic oxidation sites excluding steroid dienone is 12. The lowest BCUT2D eigenvalue weighted by molar-refractivity contribution is -0.116. The fraction of sp³-hybridized carbons (Fsp3) is 0.321. The van der Waals surface area contributed by atoms with E-state index >= 15 is 0 Å². The second-order valence-corrected chi connectivity index (χ2v) is 7.14. The predicted molar refractivity (Wildman–Crippen MR) is 132 cm³/mol. The second kappa shape index (κ2) is 18.7. The Balaban J connectivity index is 2.04. The van der Waals surface area contributed by atoms with E-state index in [1.165, 1.54) is 6.07 Å². The van der Waals surface area contributed by atoms with Crippen molar-refractivity contribution in [2.24, 2.45) is 0 Å². The van der Waals surface area contributed by atoms with Gasteiger partial charge in [0.05, 0.1) is 0 Å². The summed E-state index contributed by atoms with van der Waals surface area (Å²) in [6, 6.07) is 3.51. The van der Waals surface area contributed by atoms with E-state index < -0.39 is 11.6 Å². The maximum atomic E-state index is 13.5. The van der Waals surface area contributed by atoms with Crippen molar-refractivity contribution in [2.45, 2.75) is 58.3 Å². The SMILES string of the molecule is C/C=C/C/C=C/C/C=C/C/C=C/C/C=C/C/C=C/CCCC(=O)Nc1c(F)cccc1F. The Bertz CT molecular complexity index is 812. The van der Waals surface area contributed by atoms with Crippen molar-refractivity contribution in [1.29, 1.82) is 0 Å². The molecule has 0 atom stereocenters. The van der Waals surface area contributed by atoms with Crippen LogP contribution in [-0.4, -0.2) is 5.91 Å². The molecule has 0 aliphatic heterocycles. The van der Waals surface area contributed by atoms with Gasteiger partial charge in [0.25, 0.3) is 0 Å². The Morgan fingerprint density at radius 3 is 1.66 bits per heavy atom.